The fourth-order valence-electron chi connectivity index (χ4n) is 3.65. The Balaban J connectivity index is 1.41. The quantitative estimate of drug-likeness (QED) is 0.381. The first-order valence-electron chi connectivity index (χ1n) is 10.8. The summed E-state index contributed by atoms with van der Waals surface area (Å²) in [4.78, 5) is 17.4. The topological polar surface area (TPSA) is 85.8 Å². The molecule has 0 fully saturated rings. The summed E-state index contributed by atoms with van der Waals surface area (Å²) in [5.41, 5.74) is 6.79. The Morgan fingerprint density at radius 3 is 2.64 bits per heavy atom. The molecule has 0 atom stereocenters. The number of carbonyl (C=O) groups excluding carboxylic acids is 1. The van der Waals surface area contributed by atoms with Gasteiger partial charge in [-0.2, -0.15) is 5.10 Å². The second kappa shape index (κ2) is 10.0. The molecule has 33 heavy (non-hydrogen) atoms. The molecular formula is C25H27N5O2S. The highest BCUT2D eigenvalue weighted by molar-refractivity contribution is 7.98. The molecular weight excluding hydrogens is 434 g/mol. The average Bonchev–Trinajstić information content (AvgIpc) is 3.30. The van der Waals surface area contributed by atoms with Gasteiger partial charge in [0, 0.05) is 29.8 Å². The van der Waals surface area contributed by atoms with E-state index in [0.29, 0.717) is 29.4 Å². The van der Waals surface area contributed by atoms with Crippen LogP contribution in [0.1, 0.15) is 49.9 Å². The molecule has 0 radical (unpaired) electrons. The van der Waals surface area contributed by atoms with Gasteiger partial charge in [-0.1, -0.05) is 29.4 Å². The van der Waals surface area contributed by atoms with Gasteiger partial charge < -0.3 is 9.84 Å². The first kappa shape index (κ1) is 22.8. The molecule has 4 rings (SSSR count). The van der Waals surface area contributed by atoms with Gasteiger partial charge in [0.25, 0.3) is 5.91 Å². The highest BCUT2D eigenvalue weighted by Crippen LogP contribution is 2.27. The zero-order chi connectivity index (χ0) is 23.4. The summed E-state index contributed by atoms with van der Waals surface area (Å²) >= 11 is 1.51. The summed E-state index contributed by atoms with van der Waals surface area (Å²) < 4.78 is 7.23. The van der Waals surface area contributed by atoms with Gasteiger partial charge in [0.05, 0.1) is 23.5 Å². The third kappa shape index (κ3) is 5.51. The first-order chi connectivity index (χ1) is 15.9. The van der Waals surface area contributed by atoms with Crippen LogP contribution in [0.3, 0.4) is 0 Å². The third-order valence-corrected chi connectivity index (χ3v) is 6.46. The summed E-state index contributed by atoms with van der Waals surface area (Å²) in [6, 6.07) is 13.9. The minimum Gasteiger partial charge on any atom is -0.361 e. The molecule has 0 bridgehead atoms. The van der Waals surface area contributed by atoms with Crippen molar-refractivity contribution < 1.29 is 9.32 Å². The van der Waals surface area contributed by atoms with Crippen LogP contribution in [0.5, 0.6) is 0 Å². The van der Waals surface area contributed by atoms with E-state index in [1.165, 1.54) is 11.8 Å². The van der Waals surface area contributed by atoms with Gasteiger partial charge in [-0.3, -0.25) is 9.48 Å². The molecule has 4 aromatic rings. The van der Waals surface area contributed by atoms with Gasteiger partial charge in [-0.25, -0.2) is 4.98 Å². The molecule has 0 unspecified atom stereocenters. The highest BCUT2D eigenvalue weighted by Gasteiger charge is 2.15. The van der Waals surface area contributed by atoms with Crippen molar-refractivity contribution in [3.05, 3.63) is 93.8 Å². The lowest BCUT2D eigenvalue weighted by Crippen LogP contribution is -2.23. The standard InChI is InChI=1S/C25H27N5O2S/c1-16-11-17(2)30(28-16)14-21-8-5-7-20(12-21)13-27-24(31)22-9-6-10-26-25(22)33-15-23-18(3)29-32-19(23)4/h5-12H,13-15H2,1-4H3,(H,27,31). The van der Waals surface area contributed by atoms with Crippen LogP contribution in [-0.2, 0) is 18.8 Å². The molecule has 3 aromatic heterocycles. The Labute approximate surface area is 197 Å². The van der Waals surface area contributed by atoms with E-state index in [1.807, 2.05) is 37.6 Å². The summed E-state index contributed by atoms with van der Waals surface area (Å²) in [5.74, 6) is 1.29. The van der Waals surface area contributed by atoms with Crippen molar-refractivity contribution >= 4 is 17.7 Å². The maximum absolute atomic E-state index is 12.9. The Hall–Kier alpha value is -3.39. The number of hydrogen-bond acceptors (Lipinski definition) is 6. The van der Waals surface area contributed by atoms with Gasteiger partial charge in [-0.05, 0) is 57.0 Å². The molecule has 7 nitrogen and oxygen atoms in total. The molecule has 1 N–H and O–H groups in total. The van der Waals surface area contributed by atoms with Crippen molar-refractivity contribution in [1.82, 2.24) is 25.2 Å². The number of nitrogens with zero attached hydrogens (tertiary/aromatic N) is 4. The molecule has 0 aliphatic rings. The van der Waals surface area contributed by atoms with Gasteiger partial charge in [0.2, 0.25) is 0 Å². The number of aromatic nitrogens is 4. The zero-order valence-corrected chi connectivity index (χ0v) is 20.1. The van der Waals surface area contributed by atoms with Gasteiger partial charge in [0.15, 0.2) is 0 Å². The van der Waals surface area contributed by atoms with Crippen LogP contribution >= 0.6 is 11.8 Å². The fraction of sp³-hybridized carbons (Fsp3) is 0.280. The Bertz CT molecular complexity index is 1260. The molecule has 3 heterocycles. The smallest absolute Gasteiger partial charge is 0.254 e. The number of nitrogens with one attached hydrogen (secondary N) is 1. The van der Waals surface area contributed by atoms with Crippen LogP contribution in [0.25, 0.3) is 0 Å². The van der Waals surface area contributed by atoms with Crippen LogP contribution < -0.4 is 5.32 Å². The lowest BCUT2D eigenvalue weighted by atomic mass is 10.1. The Morgan fingerprint density at radius 2 is 1.91 bits per heavy atom. The van der Waals surface area contributed by atoms with E-state index in [-0.39, 0.29) is 5.91 Å². The molecule has 1 aromatic carbocycles. The molecule has 0 aliphatic carbocycles. The Morgan fingerprint density at radius 1 is 1.09 bits per heavy atom. The minimum atomic E-state index is -0.145. The molecule has 1 amide bonds. The van der Waals surface area contributed by atoms with E-state index in [2.05, 4.69) is 45.7 Å². The minimum absolute atomic E-state index is 0.145. The molecule has 0 spiro atoms. The summed E-state index contributed by atoms with van der Waals surface area (Å²) in [6.45, 7) is 9.00. The number of carbonyl (C=O) groups is 1. The van der Waals surface area contributed by atoms with Crippen molar-refractivity contribution in [2.75, 3.05) is 0 Å². The summed E-state index contributed by atoms with van der Waals surface area (Å²) in [6.07, 6.45) is 1.70. The lowest BCUT2D eigenvalue weighted by molar-refractivity contribution is 0.0947. The monoisotopic (exact) mass is 461 g/mol. The fourth-order valence-corrected chi connectivity index (χ4v) is 4.80. The van der Waals surface area contributed by atoms with E-state index < -0.39 is 0 Å². The van der Waals surface area contributed by atoms with Crippen LogP contribution in [0.2, 0.25) is 0 Å². The predicted molar refractivity (Wildman–Crippen MR) is 128 cm³/mol. The van der Waals surface area contributed by atoms with Crippen molar-refractivity contribution in [1.29, 1.82) is 0 Å². The maximum atomic E-state index is 12.9. The lowest BCUT2D eigenvalue weighted by Gasteiger charge is -2.11. The van der Waals surface area contributed by atoms with Gasteiger partial charge >= 0.3 is 0 Å². The van der Waals surface area contributed by atoms with E-state index in [4.69, 9.17) is 4.52 Å². The average molecular weight is 462 g/mol. The number of pyridine rings is 1. The van der Waals surface area contributed by atoms with Crippen LogP contribution in [0.4, 0.5) is 0 Å². The molecule has 0 aliphatic heterocycles. The number of hydrogen-bond donors (Lipinski definition) is 1. The van der Waals surface area contributed by atoms with E-state index in [1.54, 1.807) is 18.3 Å². The van der Waals surface area contributed by atoms with E-state index in [9.17, 15) is 4.79 Å². The number of rotatable bonds is 8. The third-order valence-electron chi connectivity index (χ3n) is 5.43. The van der Waals surface area contributed by atoms with Crippen molar-refractivity contribution in [3.8, 4) is 0 Å². The van der Waals surface area contributed by atoms with Crippen LogP contribution in [0, 0.1) is 27.7 Å². The van der Waals surface area contributed by atoms with E-state index in [0.717, 1.165) is 39.5 Å². The second-order valence-corrected chi connectivity index (χ2v) is 9.00. The summed E-state index contributed by atoms with van der Waals surface area (Å²) in [5, 5.41) is 12.2. The van der Waals surface area contributed by atoms with Crippen LogP contribution in [0.15, 0.2) is 58.2 Å². The normalized spacial score (nSPS) is 11.0. The van der Waals surface area contributed by atoms with E-state index >= 15 is 0 Å². The second-order valence-electron chi connectivity index (χ2n) is 8.03. The Kier molecular flexibility index (Phi) is 6.93. The first-order valence-corrected chi connectivity index (χ1v) is 11.8. The van der Waals surface area contributed by atoms with Crippen LogP contribution in [-0.4, -0.2) is 25.8 Å². The van der Waals surface area contributed by atoms with Gasteiger partial charge in [0.1, 0.15) is 10.8 Å². The number of aryl methyl sites for hydroxylation is 4. The molecule has 8 heteroatoms. The zero-order valence-electron chi connectivity index (χ0n) is 19.3. The SMILES string of the molecule is Cc1cc(C)n(Cc2cccc(CNC(=O)c3cccnc3SCc3c(C)noc3C)c2)n1. The number of thioether (sulfide) groups is 1. The molecule has 0 saturated heterocycles. The number of amides is 1. The predicted octanol–water partition coefficient (Wildman–Crippen LogP) is 4.77. The van der Waals surface area contributed by atoms with Gasteiger partial charge in [-0.15, -0.1) is 11.8 Å². The largest absolute Gasteiger partial charge is 0.361 e. The van der Waals surface area contributed by atoms with Crippen molar-refractivity contribution in [2.24, 2.45) is 0 Å². The summed E-state index contributed by atoms with van der Waals surface area (Å²) in [7, 11) is 0. The molecule has 0 saturated carbocycles. The van der Waals surface area contributed by atoms with Crippen molar-refractivity contribution in [2.45, 2.75) is 51.6 Å². The maximum Gasteiger partial charge on any atom is 0.254 e. The number of benzene rings is 1. The van der Waals surface area contributed by atoms with Crippen molar-refractivity contribution in [3.63, 3.8) is 0 Å². The highest BCUT2D eigenvalue weighted by atomic mass is 32.2. The molecule has 170 valence electrons.